The molecule has 0 amide bonds. The molecule has 1 aromatic rings. The van der Waals surface area contributed by atoms with Crippen LogP contribution >= 0.6 is 15.9 Å². The molecule has 1 fully saturated rings. The summed E-state index contributed by atoms with van der Waals surface area (Å²) in [6.07, 6.45) is 5.11. The largest absolute Gasteiger partial charge is 0.307 e. The van der Waals surface area contributed by atoms with Gasteiger partial charge in [-0.1, -0.05) is 34.8 Å². The number of rotatable bonds is 3. The zero-order chi connectivity index (χ0) is 11.6. The molecule has 1 nitrogen and oxygen atoms in total. The van der Waals surface area contributed by atoms with Gasteiger partial charge in [-0.3, -0.25) is 0 Å². The van der Waals surface area contributed by atoms with Gasteiger partial charge in [-0.05, 0) is 37.5 Å². The van der Waals surface area contributed by atoms with Gasteiger partial charge in [-0.15, -0.1) is 0 Å². The summed E-state index contributed by atoms with van der Waals surface area (Å²) >= 11 is 3.39. The summed E-state index contributed by atoms with van der Waals surface area (Å²) in [6.45, 7) is 3.08. The SMILES string of the molecule is CC1(NCc2ccc(F)cc2Br)CCCC1. The van der Waals surface area contributed by atoms with Gasteiger partial charge in [0.15, 0.2) is 0 Å². The van der Waals surface area contributed by atoms with Gasteiger partial charge in [-0.25, -0.2) is 4.39 Å². The first-order valence-electron chi connectivity index (χ1n) is 5.78. The molecule has 1 aliphatic rings. The first kappa shape index (κ1) is 12.1. The topological polar surface area (TPSA) is 12.0 Å². The van der Waals surface area contributed by atoms with E-state index in [9.17, 15) is 4.39 Å². The highest BCUT2D eigenvalue weighted by molar-refractivity contribution is 9.10. The molecule has 0 heterocycles. The van der Waals surface area contributed by atoms with Gasteiger partial charge in [0.25, 0.3) is 0 Å². The van der Waals surface area contributed by atoms with E-state index in [4.69, 9.17) is 0 Å². The van der Waals surface area contributed by atoms with Gasteiger partial charge in [0.1, 0.15) is 5.82 Å². The smallest absolute Gasteiger partial charge is 0.124 e. The zero-order valence-corrected chi connectivity index (χ0v) is 11.1. The van der Waals surface area contributed by atoms with Crippen LogP contribution in [0.1, 0.15) is 38.2 Å². The van der Waals surface area contributed by atoms with Crippen molar-refractivity contribution >= 4 is 15.9 Å². The maximum Gasteiger partial charge on any atom is 0.124 e. The molecule has 2 rings (SSSR count). The quantitative estimate of drug-likeness (QED) is 0.885. The Kier molecular flexibility index (Phi) is 3.65. The van der Waals surface area contributed by atoms with Crippen LogP contribution in [-0.2, 0) is 6.54 Å². The summed E-state index contributed by atoms with van der Waals surface area (Å²) in [5.41, 5.74) is 1.39. The number of hydrogen-bond donors (Lipinski definition) is 1. The normalized spacial score (nSPS) is 18.9. The molecule has 0 radical (unpaired) electrons. The van der Waals surface area contributed by atoms with Crippen molar-refractivity contribution in [3.63, 3.8) is 0 Å². The van der Waals surface area contributed by atoms with Crippen molar-refractivity contribution in [1.82, 2.24) is 5.32 Å². The predicted octanol–water partition coefficient (Wildman–Crippen LogP) is 4.01. The molecular weight excluding hydrogens is 269 g/mol. The standard InChI is InChI=1S/C13H17BrFN/c1-13(6-2-3-7-13)16-9-10-4-5-11(15)8-12(10)14/h4-5,8,16H,2-3,6-7,9H2,1H3. The van der Waals surface area contributed by atoms with Crippen LogP contribution < -0.4 is 5.32 Å². The molecule has 0 aliphatic heterocycles. The first-order chi connectivity index (χ1) is 7.59. The van der Waals surface area contributed by atoms with E-state index in [0.29, 0.717) is 0 Å². The van der Waals surface area contributed by atoms with Crippen LogP contribution in [0.5, 0.6) is 0 Å². The molecule has 1 saturated carbocycles. The number of hydrogen-bond acceptors (Lipinski definition) is 1. The van der Waals surface area contributed by atoms with E-state index in [2.05, 4.69) is 28.2 Å². The average molecular weight is 286 g/mol. The molecule has 3 heteroatoms. The Hall–Kier alpha value is -0.410. The fourth-order valence-corrected chi connectivity index (χ4v) is 2.80. The van der Waals surface area contributed by atoms with Crippen molar-refractivity contribution in [2.45, 2.75) is 44.7 Å². The van der Waals surface area contributed by atoms with Crippen molar-refractivity contribution in [2.75, 3.05) is 0 Å². The molecule has 0 atom stereocenters. The van der Waals surface area contributed by atoms with E-state index >= 15 is 0 Å². The van der Waals surface area contributed by atoms with Crippen molar-refractivity contribution in [2.24, 2.45) is 0 Å². The third-order valence-electron chi connectivity index (χ3n) is 3.43. The molecule has 1 aromatic carbocycles. The van der Waals surface area contributed by atoms with Crippen LogP contribution in [0.15, 0.2) is 22.7 Å². The van der Waals surface area contributed by atoms with E-state index in [-0.39, 0.29) is 11.4 Å². The van der Waals surface area contributed by atoms with E-state index in [1.165, 1.54) is 37.8 Å². The summed E-state index contributed by atoms with van der Waals surface area (Å²) in [5.74, 6) is -0.192. The molecule has 1 N–H and O–H groups in total. The van der Waals surface area contributed by atoms with Crippen LogP contribution in [-0.4, -0.2) is 5.54 Å². The Bertz CT molecular complexity index is 372. The third kappa shape index (κ3) is 2.83. The van der Waals surface area contributed by atoms with Crippen LogP contribution in [0, 0.1) is 5.82 Å². The summed E-state index contributed by atoms with van der Waals surface area (Å²) in [5, 5.41) is 3.58. The summed E-state index contributed by atoms with van der Waals surface area (Å²) < 4.78 is 13.8. The van der Waals surface area contributed by atoms with Crippen LogP contribution in [0.2, 0.25) is 0 Å². The number of benzene rings is 1. The molecule has 0 saturated heterocycles. The van der Waals surface area contributed by atoms with Gasteiger partial charge in [0, 0.05) is 16.6 Å². The Labute approximate surface area is 105 Å². The lowest BCUT2D eigenvalue weighted by Crippen LogP contribution is -2.38. The first-order valence-corrected chi connectivity index (χ1v) is 6.57. The number of halogens is 2. The third-order valence-corrected chi connectivity index (χ3v) is 4.17. The van der Waals surface area contributed by atoms with Crippen molar-refractivity contribution < 1.29 is 4.39 Å². The van der Waals surface area contributed by atoms with E-state index < -0.39 is 0 Å². The minimum atomic E-state index is -0.192. The van der Waals surface area contributed by atoms with Crippen LogP contribution in [0.4, 0.5) is 4.39 Å². The number of nitrogens with one attached hydrogen (secondary N) is 1. The minimum absolute atomic E-state index is 0.192. The maximum absolute atomic E-state index is 12.9. The van der Waals surface area contributed by atoms with Crippen LogP contribution in [0.3, 0.4) is 0 Å². The molecule has 0 bridgehead atoms. The van der Waals surface area contributed by atoms with Crippen molar-refractivity contribution in [1.29, 1.82) is 0 Å². The summed E-state index contributed by atoms with van der Waals surface area (Å²) in [6, 6.07) is 4.87. The van der Waals surface area contributed by atoms with Crippen molar-refractivity contribution in [3.05, 3.63) is 34.1 Å². The molecule has 0 aromatic heterocycles. The molecule has 1 aliphatic carbocycles. The molecule has 0 spiro atoms. The molecule has 16 heavy (non-hydrogen) atoms. The van der Waals surface area contributed by atoms with Crippen molar-refractivity contribution in [3.8, 4) is 0 Å². The van der Waals surface area contributed by atoms with Gasteiger partial charge in [0.2, 0.25) is 0 Å². The Morgan fingerprint density at radius 2 is 2.06 bits per heavy atom. The lowest BCUT2D eigenvalue weighted by atomic mass is 10.0. The Balaban J connectivity index is 1.99. The second-order valence-corrected chi connectivity index (χ2v) is 5.71. The highest BCUT2D eigenvalue weighted by Gasteiger charge is 2.27. The highest BCUT2D eigenvalue weighted by atomic mass is 79.9. The van der Waals surface area contributed by atoms with Gasteiger partial charge >= 0.3 is 0 Å². The lowest BCUT2D eigenvalue weighted by molar-refractivity contribution is 0.362. The van der Waals surface area contributed by atoms with Gasteiger partial charge < -0.3 is 5.32 Å². The maximum atomic E-state index is 12.9. The second-order valence-electron chi connectivity index (χ2n) is 4.86. The van der Waals surface area contributed by atoms with Crippen LogP contribution in [0.25, 0.3) is 0 Å². The monoisotopic (exact) mass is 285 g/mol. The van der Waals surface area contributed by atoms with E-state index in [0.717, 1.165) is 16.6 Å². The van der Waals surface area contributed by atoms with E-state index in [1.54, 1.807) is 0 Å². The van der Waals surface area contributed by atoms with Gasteiger partial charge in [-0.2, -0.15) is 0 Å². The Morgan fingerprint density at radius 3 is 2.69 bits per heavy atom. The fourth-order valence-electron chi connectivity index (χ4n) is 2.31. The fraction of sp³-hybridized carbons (Fsp3) is 0.538. The molecule has 0 unspecified atom stereocenters. The van der Waals surface area contributed by atoms with E-state index in [1.807, 2.05) is 6.07 Å². The molecular formula is C13H17BrFN. The Morgan fingerprint density at radius 1 is 1.38 bits per heavy atom. The predicted molar refractivity (Wildman–Crippen MR) is 67.8 cm³/mol. The summed E-state index contributed by atoms with van der Waals surface area (Å²) in [4.78, 5) is 0. The second kappa shape index (κ2) is 4.84. The lowest BCUT2D eigenvalue weighted by Gasteiger charge is -2.25. The van der Waals surface area contributed by atoms with Gasteiger partial charge in [0.05, 0.1) is 0 Å². The average Bonchev–Trinajstić information content (AvgIpc) is 2.64. The zero-order valence-electron chi connectivity index (χ0n) is 9.52. The molecule has 88 valence electrons. The minimum Gasteiger partial charge on any atom is -0.307 e. The summed E-state index contributed by atoms with van der Waals surface area (Å²) in [7, 11) is 0. The highest BCUT2D eigenvalue weighted by Crippen LogP contribution is 2.29.